The highest BCUT2D eigenvalue weighted by atomic mass is 32.2. The number of rotatable bonds is 10. The van der Waals surface area contributed by atoms with Gasteiger partial charge in [-0.15, -0.1) is 0 Å². The van der Waals surface area contributed by atoms with E-state index < -0.39 is 10.0 Å². The number of nitrogens with two attached hydrogens (primary N) is 2. The Morgan fingerprint density at radius 1 is 1.07 bits per heavy atom. The molecule has 0 saturated carbocycles. The Hall–Kier alpha value is -3.10. The first-order valence-electron chi connectivity index (χ1n) is 8.64. The minimum Gasteiger partial charge on any atom is -0.384 e. The number of benzene rings is 2. The SMILES string of the molecule is C=C(NCCc1ccc(S(N)(=O)=O)cc1)NC(=CC(=N)N)Cc1ccccc1. The molecular weight excluding hydrogens is 374 g/mol. The molecule has 0 aliphatic heterocycles. The van der Waals surface area contributed by atoms with Crippen LogP contribution in [0.15, 0.2) is 83.7 Å². The molecule has 0 atom stereocenters. The first-order chi connectivity index (χ1) is 13.2. The lowest BCUT2D eigenvalue weighted by molar-refractivity contribution is 0.598. The van der Waals surface area contributed by atoms with Crippen LogP contribution in [0.2, 0.25) is 0 Å². The van der Waals surface area contributed by atoms with Crippen molar-refractivity contribution in [3.05, 3.63) is 89.9 Å². The summed E-state index contributed by atoms with van der Waals surface area (Å²) in [5.74, 6) is 0.547. The molecule has 8 heteroatoms. The Labute approximate surface area is 165 Å². The summed E-state index contributed by atoms with van der Waals surface area (Å²) in [6.45, 7) is 4.55. The molecule has 0 radical (unpaired) electrons. The summed E-state index contributed by atoms with van der Waals surface area (Å²) in [5, 5.41) is 18.9. The fourth-order valence-electron chi connectivity index (χ4n) is 2.58. The van der Waals surface area contributed by atoms with Crippen LogP contribution in [-0.2, 0) is 22.9 Å². The van der Waals surface area contributed by atoms with Gasteiger partial charge in [0.15, 0.2) is 0 Å². The standard InChI is InChI=1S/C20H25N5O2S/c1-15(24-12-11-16-7-9-19(10-8-16)28(23,26)27)25-18(14-20(21)22)13-17-5-3-2-4-6-17/h2-10,14,24-25H,1,11-13H2,(H3,21,22)(H2,23,26,27). The van der Waals surface area contributed by atoms with Crippen LogP contribution in [-0.4, -0.2) is 20.8 Å². The predicted molar refractivity (Wildman–Crippen MR) is 112 cm³/mol. The van der Waals surface area contributed by atoms with Crippen molar-refractivity contribution in [1.82, 2.24) is 10.6 Å². The van der Waals surface area contributed by atoms with Gasteiger partial charge in [0.25, 0.3) is 0 Å². The number of amidine groups is 1. The minimum atomic E-state index is -3.68. The van der Waals surface area contributed by atoms with Crippen molar-refractivity contribution in [1.29, 1.82) is 5.41 Å². The molecule has 2 rings (SSSR count). The smallest absolute Gasteiger partial charge is 0.238 e. The van der Waals surface area contributed by atoms with Gasteiger partial charge in [-0.3, -0.25) is 5.41 Å². The third kappa shape index (κ3) is 7.26. The molecule has 0 spiro atoms. The lowest BCUT2D eigenvalue weighted by Crippen LogP contribution is -2.28. The molecule has 7 N–H and O–H groups in total. The quantitative estimate of drug-likeness (QED) is 0.305. The lowest BCUT2D eigenvalue weighted by Gasteiger charge is -2.15. The molecular formula is C20H25N5O2S. The second kappa shape index (κ2) is 9.72. The monoisotopic (exact) mass is 399 g/mol. The van der Waals surface area contributed by atoms with Gasteiger partial charge < -0.3 is 16.4 Å². The molecule has 0 aliphatic carbocycles. The van der Waals surface area contributed by atoms with E-state index in [1.807, 2.05) is 30.3 Å². The van der Waals surface area contributed by atoms with Gasteiger partial charge in [0.2, 0.25) is 10.0 Å². The van der Waals surface area contributed by atoms with Crippen molar-refractivity contribution < 1.29 is 8.42 Å². The molecule has 0 aromatic heterocycles. The van der Waals surface area contributed by atoms with Crippen LogP contribution in [0.1, 0.15) is 11.1 Å². The summed E-state index contributed by atoms with van der Waals surface area (Å²) in [6.07, 6.45) is 2.83. The molecule has 0 saturated heterocycles. The topological polar surface area (TPSA) is 134 Å². The third-order valence-electron chi connectivity index (χ3n) is 3.88. The summed E-state index contributed by atoms with van der Waals surface area (Å²) < 4.78 is 22.5. The zero-order valence-electron chi connectivity index (χ0n) is 15.5. The van der Waals surface area contributed by atoms with Crippen molar-refractivity contribution in [3.63, 3.8) is 0 Å². The maximum atomic E-state index is 11.3. The van der Waals surface area contributed by atoms with Crippen molar-refractivity contribution in [2.24, 2.45) is 10.9 Å². The second-order valence-corrected chi connectivity index (χ2v) is 7.82. The van der Waals surface area contributed by atoms with E-state index in [-0.39, 0.29) is 10.7 Å². The Balaban J connectivity index is 1.88. The molecule has 0 amide bonds. The van der Waals surface area contributed by atoms with Crippen molar-refractivity contribution in [2.45, 2.75) is 17.7 Å². The molecule has 0 bridgehead atoms. The number of allylic oxidation sites excluding steroid dienone is 1. The van der Waals surface area contributed by atoms with E-state index in [1.165, 1.54) is 12.1 Å². The summed E-state index contributed by atoms with van der Waals surface area (Å²) in [7, 11) is -3.68. The van der Waals surface area contributed by atoms with Crippen molar-refractivity contribution in [2.75, 3.05) is 6.54 Å². The Morgan fingerprint density at radius 2 is 1.71 bits per heavy atom. The normalized spacial score (nSPS) is 11.7. The van der Waals surface area contributed by atoms with Crippen LogP contribution in [0.5, 0.6) is 0 Å². The van der Waals surface area contributed by atoms with Crippen LogP contribution < -0.4 is 21.5 Å². The third-order valence-corrected chi connectivity index (χ3v) is 4.81. The zero-order chi connectivity index (χ0) is 20.6. The number of hydrogen-bond acceptors (Lipinski definition) is 5. The average molecular weight is 400 g/mol. The molecule has 2 aromatic rings. The molecule has 148 valence electrons. The largest absolute Gasteiger partial charge is 0.384 e. The first kappa shape index (κ1) is 21.2. The van der Waals surface area contributed by atoms with Crippen LogP contribution >= 0.6 is 0 Å². The molecule has 28 heavy (non-hydrogen) atoms. The molecule has 7 nitrogen and oxygen atoms in total. The van der Waals surface area contributed by atoms with Crippen molar-refractivity contribution in [3.8, 4) is 0 Å². The summed E-state index contributed by atoms with van der Waals surface area (Å²) >= 11 is 0. The maximum Gasteiger partial charge on any atom is 0.238 e. The van der Waals surface area contributed by atoms with Gasteiger partial charge in [0.05, 0.1) is 10.7 Å². The van der Waals surface area contributed by atoms with Gasteiger partial charge in [-0.05, 0) is 35.8 Å². The van der Waals surface area contributed by atoms with Gasteiger partial charge in [-0.1, -0.05) is 49.0 Å². The van der Waals surface area contributed by atoms with Crippen LogP contribution in [0.4, 0.5) is 0 Å². The molecule has 0 unspecified atom stereocenters. The van der Waals surface area contributed by atoms with E-state index in [4.69, 9.17) is 16.3 Å². The Kier molecular flexibility index (Phi) is 7.36. The van der Waals surface area contributed by atoms with Crippen LogP contribution in [0.3, 0.4) is 0 Å². The molecule has 0 aliphatic rings. The summed E-state index contributed by atoms with van der Waals surface area (Å²) in [6, 6.07) is 16.3. The minimum absolute atomic E-state index is 0.0406. The summed E-state index contributed by atoms with van der Waals surface area (Å²) in [4.78, 5) is 0.0928. The van der Waals surface area contributed by atoms with E-state index in [2.05, 4.69) is 17.2 Å². The van der Waals surface area contributed by atoms with E-state index in [0.29, 0.717) is 25.2 Å². The van der Waals surface area contributed by atoms with E-state index in [0.717, 1.165) is 16.8 Å². The highest BCUT2D eigenvalue weighted by Gasteiger charge is 2.07. The predicted octanol–water partition coefficient (Wildman–Crippen LogP) is 1.59. The van der Waals surface area contributed by atoms with Gasteiger partial charge in [-0.25, -0.2) is 13.6 Å². The second-order valence-electron chi connectivity index (χ2n) is 6.26. The van der Waals surface area contributed by atoms with Gasteiger partial charge >= 0.3 is 0 Å². The fourth-order valence-corrected chi connectivity index (χ4v) is 3.09. The molecule has 2 aromatic carbocycles. The summed E-state index contributed by atoms with van der Waals surface area (Å²) in [5.41, 5.74) is 8.32. The van der Waals surface area contributed by atoms with E-state index in [1.54, 1.807) is 18.2 Å². The number of primary sulfonamides is 1. The zero-order valence-corrected chi connectivity index (χ0v) is 16.3. The van der Waals surface area contributed by atoms with Gasteiger partial charge in [0.1, 0.15) is 5.84 Å². The van der Waals surface area contributed by atoms with E-state index >= 15 is 0 Å². The number of nitrogens with one attached hydrogen (secondary N) is 3. The fraction of sp³-hybridized carbons (Fsp3) is 0.150. The number of sulfonamides is 1. The first-order valence-corrected chi connectivity index (χ1v) is 10.2. The molecule has 0 fully saturated rings. The van der Waals surface area contributed by atoms with Gasteiger partial charge in [0, 0.05) is 18.7 Å². The van der Waals surface area contributed by atoms with E-state index in [9.17, 15) is 8.42 Å². The average Bonchev–Trinajstić information content (AvgIpc) is 2.61. The molecule has 0 heterocycles. The Morgan fingerprint density at radius 3 is 2.29 bits per heavy atom. The highest BCUT2D eigenvalue weighted by Crippen LogP contribution is 2.09. The van der Waals surface area contributed by atoms with Crippen molar-refractivity contribution >= 4 is 15.9 Å². The number of hydrogen-bond donors (Lipinski definition) is 5. The van der Waals surface area contributed by atoms with Crippen LogP contribution in [0, 0.1) is 5.41 Å². The van der Waals surface area contributed by atoms with Gasteiger partial charge in [-0.2, -0.15) is 0 Å². The maximum absolute atomic E-state index is 11.3. The highest BCUT2D eigenvalue weighted by molar-refractivity contribution is 7.89. The lowest BCUT2D eigenvalue weighted by atomic mass is 10.1. The van der Waals surface area contributed by atoms with Crippen LogP contribution in [0.25, 0.3) is 0 Å². The Bertz CT molecular complexity index is 952.